The van der Waals surface area contributed by atoms with Crippen molar-refractivity contribution in [1.82, 2.24) is 20.4 Å². The Hall–Kier alpha value is -3.59. The maximum atomic E-state index is 13.1. The first-order valence-corrected chi connectivity index (χ1v) is 8.62. The van der Waals surface area contributed by atoms with E-state index in [9.17, 15) is 19.1 Å². The summed E-state index contributed by atoms with van der Waals surface area (Å²) in [6.45, 7) is 0. The van der Waals surface area contributed by atoms with E-state index in [-0.39, 0.29) is 28.1 Å². The summed E-state index contributed by atoms with van der Waals surface area (Å²) >= 11 is 0. The van der Waals surface area contributed by atoms with Crippen LogP contribution in [0.15, 0.2) is 36.5 Å². The summed E-state index contributed by atoms with van der Waals surface area (Å²) in [4.78, 5) is 32.9. The minimum atomic E-state index is -0.769. The van der Waals surface area contributed by atoms with E-state index in [4.69, 9.17) is 4.74 Å². The molecule has 0 aliphatic rings. The van der Waals surface area contributed by atoms with Gasteiger partial charge < -0.3 is 9.84 Å². The van der Waals surface area contributed by atoms with Crippen LogP contribution >= 0.6 is 0 Å². The first-order valence-electron chi connectivity index (χ1n) is 8.62. The van der Waals surface area contributed by atoms with Crippen molar-refractivity contribution in [1.29, 1.82) is 0 Å². The summed E-state index contributed by atoms with van der Waals surface area (Å²) in [5, 5.41) is 12.2. The van der Waals surface area contributed by atoms with Crippen LogP contribution in [0.25, 0.3) is 10.9 Å². The standard InChI is InChI=1S/C20H19FN4O4/c1-25(2)24-19(27)17-18(26)15-14(16(23-17)20(28)29-3)9-12(10-22-15)8-11-4-6-13(21)7-5-11/h4-7,9-10,26H,8H2,1-3H3,(H,24,27). The topological polar surface area (TPSA) is 105 Å². The van der Waals surface area contributed by atoms with Crippen LogP contribution in [-0.2, 0) is 11.2 Å². The monoisotopic (exact) mass is 398 g/mol. The number of carbonyl (C=O) groups is 2. The Balaban J connectivity index is 2.11. The van der Waals surface area contributed by atoms with Crippen LogP contribution in [0.5, 0.6) is 5.75 Å². The van der Waals surface area contributed by atoms with E-state index in [1.54, 1.807) is 32.3 Å². The van der Waals surface area contributed by atoms with Crippen LogP contribution < -0.4 is 5.43 Å². The highest BCUT2D eigenvalue weighted by Gasteiger charge is 2.24. The van der Waals surface area contributed by atoms with Crippen molar-refractivity contribution in [3.05, 3.63) is 64.9 Å². The van der Waals surface area contributed by atoms with Gasteiger partial charge >= 0.3 is 5.97 Å². The number of hydrogen-bond acceptors (Lipinski definition) is 7. The maximum Gasteiger partial charge on any atom is 0.357 e. The quantitative estimate of drug-likeness (QED) is 0.501. The molecular formula is C20H19FN4O4. The molecule has 0 radical (unpaired) electrons. The molecule has 2 N–H and O–H groups in total. The number of rotatable bonds is 5. The number of pyridine rings is 2. The summed E-state index contributed by atoms with van der Waals surface area (Å²) in [7, 11) is 4.38. The van der Waals surface area contributed by atoms with Gasteiger partial charge in [0.15, 0.2) is 17.1 Å². The fraction of sp³-hybridized carbons (Fsp3) is 0.200. The number of nitrogens with one attached hydrogen (secondary N) is 1. The van der Waals surface area contributed by atoms with Gasteiger partial charge in [-0.3, -0.25) is 15.2 Å². The number of fused-ring (bicyclic) bond motifs is 1. The highest BCUT2D eigenvalue weighted by molar-refractivity contribution is 6.08. The molecule has 8 nitrogen and oxygen atoms in total. The van der Waals surface area contributed by atoms with Crippen molar-refractivity contribution in [2.75, 3.05) is 21.2 Å². The van der Waals surface area contributed by atoms with Crippen LogP contribution in [0.4, 0.5) is 4.39 Å². The van der Waals surface area contributed by atoms with E-state index in [0.717, 1.165) is 5.56 Å². The minimum absolute atomic E-state index is 0.0483. The highest BCUT2D eigenvalue weighted by atomic mass is 19.1. The molecule has 9 heteroatoms. The van der Waals surface area contributed by atoms with Gasteiger partial charge in [0.25, 0.3) is 5.91 Å². The average molecular weight is 398 g/mol. The Kier molecular flexibility index (Phi) is 5.69. The molecule has 0 unspecified atom stereocenters. The fourth-order valence-corrected chi connectivity index (χ4v) is 2.82. The second-order valence-corrected chi connectivity index (χ2v) is 6.53. The molecule has 1 aromatic carbocycles. The molecule has 2 heterocycles. The van der Waals surface area contributed by atoms with Crippen LogP contribution in [0.1, 0.15) is 32.1 Å². The van der Waals surface area contributed by atoms with Crippen molar-refractivity contribution in [2.45, 2.75) is 6.42 Å². The number of aromatic nitrogens is 2. The Morgan fingerprint density at radius 2 is 1.86 bits per heavy atom. The Bertz CT molecular complexity index is 1080. The number of carbonyl (C=O) groups excluding carboxylic acids is 2. The third kappa shape index (κ3) is 4.30. The van der Waals surface area contributed by atoms with Gasteiger partial charge in [-0.25, -0.2) is 19.2 Å². The smallest absolute Gasteiger partial charge is 0.357 e. The molecule has 0 saturated carbocycles. The lowest BCUT2D eigenvalue weighted by Crippen LogP contribution is -2.36. The number of halogens is 1. The normalized spacial score (nSPS) is 10.9. The molecule has 2 aromatic heterocycles. The van der Waals surface area contributed by atoms with Gasteiger partial charge in [0, 0.05) is 25.7 Å². The molecular weight excluding hydrogens is 379 g/mol. The average Bonchev–Trinajstić information content (AvgIpc) is 2.69. The summed E-state index contributed by atoms with van der Waals surface area (Å²) in [5.41, 5.74) is 3.57. The van der Waals surface area contributed by atoms with E-state index >= 15 is 0 Å². The second-order valence-electron chi connectivity index (χ2n) is 6.53. The Labute approximate surface area is 165 Å². The zero-order valence-corrected chi connectivity index (χ0v) is 16.1. The summed E-state index contributed by atoms with van der Waals surface area (Å²) in [6.07, 6.45) is 1.94. The molecule has 0 atom stereocenters. The van der Waals surface area contributed by atoms with Crippen LogP contribution in [0, 0.1) is 5.82 Å². The molecule has 0 bridgehead atoms. The number of hydrazine groups is 1. The number of benzene rings is 1. The molecule has 0 spiro atoms. The van der Waals surface area contributed by atoms with Gasteiger partial charge in [0.1, 0.15) is 11.3 Å². The van der Waals surface area contributed by atoms with Gasteiger partial charge in [-0.15, -0.1) is 0 Å². The lowest BCUT2D eigenvalue weighted by atomic mass is 10.0. The highest BCUT2D eigenvalue weighted by Crippen LogP contribution is 2.29. The van der Waals surface area contributed by atoms with E-state index in [1.165, 1.54) is 30.4 Å². The molecule has 150 valence electrons. The fourth-order valence-electron chi connectivity index (χ4n) is 2.82. The number of ether oxygens (including phenoxy) is 1. The van der Waals surface area contributed by atoms with Gasteiger partial charge in [-0.2, -0.15) is 0 Å². The molecule has 3 aromatic rings. The summed E-state index contributed by atoms with van der Waals surface area (Å²) in [5.74, 6) is -2.25. The van der Waals surface area contributed by atoms with Gasteiger partial charge in [-0.1, -0.05) is 12.1 Å². The zero-order valence-electron chi connectivity index (χ0n) is 16.1. The van der Waals surface area contributed by atoms with E-state index in [0.29, 0.717) is 12.0 Å². The van der Waals surface area contributed by atoms with E-state index < -0.39 is 17.6 Å². The zero-order chi connectivity index (χ0) is 21.1. The predicted molar refractivity (Wildman–Crippen MR) is 103 cm³/mol. The van der Waals surface area contributed by atoms with Gasteiger partial charge in [0.05, 0.1) is 7.11 Å². The van der Waals surface area contributed by atoms with Crippen molar-refractivity contribution >= 4 is 22.8 Å². The maximum absolute atomic E-state index is 13.1. The Morgan fingerprint density at radius 1 is 1.17 bits per heavy atom. The second kappa shape index (κ2) is 8.19. The van der Waals surface area contributed by atoms with Crippen molar-refractivity contribution in [2.24, 2.45) is 0 Å². The third-order valence-corrected chi connectivity index (χ3v) is 4.11. The Morgan fingerprint density at radius 3 is 2.48 bits per heavy atom. The molecule has 0 aliphatic carbocycles. The van der Waals surface area contributed by atoms with Crippen LogP contribution in [0.2, 0.25) is 0 Å². The number of amides is 1. The van der Waals surface area contributed by atoms with E-state index in [2.05, 4.69) is 15.4 Å². The minimum Gasteiger partial charge on any atom is -0.504 e. The molecule has 1 amide bonds. The number of aromatic hydroxyl groups is 1. The summed E-state index contributed by atoms with van der Waals surface area (Å²) in [6, 6.07) is 7.63. The van der Waals surface area contributed by atoms with E-state index in [1.807, 2.05) is 0 Å². The number of nitrogens with zero attached hydrogens (tertiary/aromatic N) is 3. The molecule has 0 aliphatic heterocycles. The number of esters is 1. The van der Waals surface area contributed by atoms with Crippen molar-refractivity contribution in [3.8, 4) is 5.75 Å². The first kappa shape index (κ1) is 20.2. The number of hydrogen-bond donors (Lipinski definition) is 2. The van der Waals surface area contributed by atoms with Gasteiger partial charge in [0.2, 0.25) is 0 Å². The largest absolute Gasteiger partial charge is 0.504 e. The summed E-state index contributed by atoms with van der Waals surface area (Å²) < 4.78 is 17.9. The third-order valence-electron chi connectivity index (χ3n) is 4.11. The van der Waals surface area contributed by atoms with Crippen molar-refractivity contribution in [3.63, 3.8) is 0 Å². The lowest BCUT2D eigenvalue weighted by molar-refractivity contribution is 0.0596. The lowest BCUT2D eigenvalue weighted by Gasteiger charge is -2.14. The molecule has 0 saturated heterocycles. The van der Waals surface area contributed by atoms with Gasteiger partial charge in [-0.05, 0) is 35.7 Å². The molecule has 3 rings (SSSR count). The number of methoxy groups -OCH3 is 1. The van der Waals surface area contributed by atoms with Crippen LogP contribution in [-0.4, -0.2) is 53.2 Å². The molecule has 29 heavy (non-hydrogen) atoms. The molecule has 0 fully saturated rings. The van der Waals surface area contributed by atoms with Crippen LogP contribution in [0.3, 0.4) is 0 Å². The SMILES string of the molecule is COC(=O)c1nc(C(=O)NN(C)C)c(O)c2ncc(Cc3ccc(F)cc3)cc12. The first-order chi connectivity index (χ1) is 13.8. The van der Waals surface area contributed by atoms with Crippen molar-refractivity contribution < 1.29 is 23.8 Å². The predicted octanol–water partition coefficient (Wildman–Crippen LogP) is 2.06.